The van der Waals surface area contributed by atoms with Gasteiger partial charge in [-0.2, -0.15) is 17.6 Å². The van der Waals surface area contributed by atoms with E-state index in [0.717, 1.165) is 12.1 Å². The van der Waals surface area contributed by atoms with Crippen LogP contribution in [0.3, 0.4) is 0 Å². The number of aryl methyl sites for hydroxylation is 2. The van der Waals surface area contributed by atoms with Crippen molar-refractivity contribution in [1.82, 2.24) is 0 Å². The van der Waals surface area contributed by atoms with E-state index in [1.807, 2.05) is 0 Å². The van der Waals surface area contributed by atoms with Crippen molar-refractivity contribution in [2.24, 2.45) is 0 Å². The molecule has 0 bridgehead atoms. The van der Waals surface area contributed by atoms with Crippen LogP contribution in [0.2, 0.25) is 0 Å². The van der Waals surface area contributed by atoms with Gasteiger partial charge in [0.25, 0.3) is 0 Å². The van der Waals surface area contributed by atoms with Crippen LogP contribution in [0.4, 0.5) is 26.3 Å². The third kappa shape index (κ3) is 1.61. The molecule has 0 aliphatic heterocycles. The molecular formula is C16H10F6. The monoisotopic (exact) mass is 316 g/mol. The summed E-state index contributed by atoms with van der Waals surface area (Å²) in [4.78, 5) is 0. The third-order valence-electron chi connectivity index (χ3n) is 3.98. The van der Waals surface area contributed by atoms with Crippen molar-refractivity contribution >= 4 is 0 Å². The first-order valence-electron chi connectivity index (χ1n) is 6.46. The van der Waals surface area contributed by atoms with Crippen molar-refractivity contribution in [3.63, 3.8) is 0 Å². The molecule has 0 aromatic heterocycles. The molecule has 0 saturated carbocycles. The molecule has 0 nitrogen and oxygen atoms in total. The van der Waals surface area contributed by atoms with Gasteiger partial charge in [-0.25, -0.2) is 8.78 Å². The van der Waals surface area contributed by atoms with Gasteiger partial charge in [-0.05, 0) is 36.1 Å². The fourth-order valence-corrected chi connectivity index (χ4v) is 2.74. The van der Waals surface area contributed by atoms with E-state index in [1.54, 1.807) is 0 Å². The zero-order valence-electron chi connectivity index (χ0n) is 11.6. The first kappa shape index (κ1) is 14.9. The molecule has 0 fully saturated rings. The summed E-state index contributed by atoms with van der Waals surface area (Å²) in [5, 5.41) is 0. The summed E-state index contributed by atoms with van der Waals surface area (Å²) in [5.74, 6) is -12.5. The quantitative estimate of drug-likeness (QED) is 0.567. The molecule has 0 amide bonds. The van der Waals surface area contributed by atoms with Gasteiger partial charge in [0, 0.05) is 0 Å². The summed E-state index contributed by atoms with van der Waals surface area (Å²) in [5.41, 5.74) is -3.93. The molecular weight excluding hydrogens is 306 g/mol. The van der Waals surface area contributed by atoms with Gasteiger partial charge in [-0.3, -0.25) is 0 Å². The molecule has 116 valence electrons. The van der Waals surface area contributed by atoms with Crippen molar-refractivity contribution in [3.8, 4) is 11.1 Å². The second-order valence-electron chi connectivity index (χ2n) is 5.39. The van der Waals surface area contributed by atoms with Gasteiger partial charge in [0.15, 0.2) is 0 Å². The Kier molecular flexibility index (Phi) is 2.90. The van der Waals surface area contributed by atoms with Crippen LogP contribution in [0, 0.1) is 25.5 Å². The standard InChI is InChI=1S/C16H10F6/c1-7-3-5-9-10-6-4-8(2)14(18)12(10)16(21,22)15(19,20)11(9)13(7)17/h3-6H,1-2H3. The van der Waals surface area contributed by atoms with Crippen molar-refractivity contribution in [1.29, 1.82) is 0 Å². The summed E-state index contributed by atoms with van der Waals surface area (Å²) in [7, 11) is 0. The fourth-order valence-electron chi connectivity index (χ4n) is 2.74. The fraction of sp³-hybridized carbons (Fsp3) is 0.250. The molecule has 0 atom stereocenters. The highest BCUT2D eigenvalue weighted by molar-refractivity contribution is 5.77. The first-order chi connectivity index (χ1) is 10.1. The minimum atomic E-state index is -4.83. The molecule has 1 aliphatic rings. The van der Waals surface area contributed by atoms with Crippen LogP contribution in [0.15, 0.2) is 24.3 Å². The van der Waals surface area contributed by atoms with Gasteiger partial charge in [0.1, 0.15) is 11.6 Å². The van der Waals surface area contributed by atoms with Gasteiger partial charge in [-0.1, -0.05) is 24.3 Å². The van der Waals surface area contributed by atoms with Crippen LogP contribution in [-0.4, -0.2) is 0 Å². The maximum absolute atomic E-state index is 14.2. The molecule has 0 saturated heterocycles. The molecule has 2 aromatic rings. The Bertz CT molecular complexity index is 724. The number of hydrogen-bond acceptors (Lipinski definition) is 0. The topological polar surface area (TPSA) is 0 Å². The van der Waals surface area contributed by atoms with Crippen LogP contribution in [-0.2, 0) is 11.8 Å². The Balaban J connectivity index is 2.53. The van der Waals surface area contributed by atoms with Crippen molar-refractivity contribution < 1.29 is 26.3 Å². The number of halogens is 6. The molecule has 0 N–H and O–H groups in total. The molecule has 1 aliphatic carbocycles. The zero-order chi connectivity index (χ0) is 16.4. The number of benzene rings is 2. The third-order valence-corrected chi connectivity index (χ3v) is 3.98. The van der Waals surface area contributed by atoms with Crippen LogP contribution in [0.25, 0.3) is 11.1 Å². The Morgan fingerprint density at radius 2 is 0.955 bits per heavy atom. The van der Waals surface area contributed by atoms with E-state index in [2.05, 4.69) is 0 Å². The van der Waals surface area contributed by atoms with Crippen LogP contribution < -0.4 is 0 Å². The summed E-state index contributed by atoms with van der Waals surface area (Å²) in [6, 6.07) is 4.64. The largest absolute Gasteiger partial charge is 0.343 e. The van der Waals surface area contributed by atoms with Crippen LogP contribution in [0.1, 0.15) is 22.3 Å². The van der Waals surface area contributed by atoms with Crippen LogP contribution >= 0.6 is 0 Å². The molecule has 0 heterocycles. The summed E-state index contributed by atoms with van der Waals surface area (Å²) < 4.78 is 85.2. The maximum atomic E-state index is 14.2. The SMILES string of the molecule is Cc1ccc2c(c1F)C(F)(F)C(F)(F)c1c-2ccc(C)c1F. The highest BCUT2D eigenvalue weighted by atomic mass is 19.3. The first-order valence-corrected chi connectivity index (χ1v) is 6.46. The predicted molar refractivity (Wildman–Crippen MR) is 69.1 cm³/mol. The second-order valence-corrected chi connectivity index (χ2v) is 5.39. The average molecular weight is 316 g/mol. The molecule has 6 heteroatoms. The molecule has 0 radical (unpaired) electrons. The Labute approximate surface area is 122 Å². The number of rotatable bonds is 0. The lowest BCUT2D eigenvalue weighted by molar-refractivity contribution is -0.227. The molecule has 22 heavy (non-hydrogen) atoms. The predicted octanol–water partition coefficient (Wildman–Crippen LogP) is 5.45. The van der Waals surface area contributed by atoms with Crippen molar-refractivity contribution in [2.45, 2.75) is 25.7 Å². The molecule has 2 aromatic carbocycles. The highest BCUT2D eigenvalue weighted by Gasteiger charge is 2.65. The number of hydrogen-bond donors (Lipinski definition) is 0. The average Bonchev–Trinajstić information content (AvgIpc) is 2.42. The zero-order valence-corrected chi connectivity index (χ0v) is 11.6. The van der Waals surface area contributed by atoms with Crippen molar-refractivity contribution in [3.05, 3.63) is 58.2 Å². The van der Waals surface area contributed by atoms with E-state index in [0.29, 0.717) is 0 Å². The summed E-state index contributed by atoms with van der Waals surface area (Å²) in [6.45, 7) is 2.41. The van der Waals surface area contributed by atoms with Gasteiger partial charge in [-0.15, -0.1) is 0 Å². The van der Waals surface area contributed by atoms with E-state index in [4.69, 9.17) is 0 Å². The van der Waals surface area contributed by atoms with Gasteiger partial charge in [0.2, 0.25) is 0 Å². The molecule has 3 rings (SSSR count). The van der Waals surface area contributed by atoms with E-state index in [-0.39, 0.29) is 11.1 Å². The lowest BCUT2D eigenvalue weighted by Crippen LogP contribution is -2.41. The summed E-state index contributed by atoms with van der Waals surface area (Å²) >= 11 is 0. The van der Waals surface area contributed by atoms with E-state index in [1.165, 1.54) is 26.0 Å². The van der Waals surface area contributed by atoms with Gasteiger partial charge < -0.3 is 0 Å². The van der Waals surface area contributed by atoms with Crippen LogP contribution in [0.5, 0.6) is 0 Å². The smallest absolute Gasteiger partial charge is 0.206 e. The number of fused-ring (bicyclic) bond motifs is 3. The Hall–Kier alpha value is -1.98. The van der Waals surface area contributed by atoms with E-state index in [9.17, 15) is 26.3 Å². The number of alkyl halides is 4. The minimum Gasteiger partial charge on any atom is -0.206 e. The summed E-state index contributed by atoms with van der Waals surface area (Å²) in [6.07, 6.45) is 0. The molecule has 0 spiro atoms. The lowest BCUT2D eigenvalue weighted by atomic mass is 9.78. The van der Waals surface area contributed by atoms with E-state index < -0.39 is 45.7 Å². The maximum Gasteiger partial charge on any atom is 0.343 e. The van der Waals surface area contributed by atoms with Crippen molar-refractivity contribution in [2.75, 3.05) is 0 Å². The van der Waals surface area contributed by atoms with Gasteiger partial charge >= 0.3 is 11.8 Å². The van der Waals surface area contributed by atoms with Gasteiger partial charge in [0.05, 0.1) is 11.1 Å². The normalized spacial score (nSPS) is 17.8. The Morgan fingerprint density at radius 1 is 0.636 bits per heavy atom. The Morgan fingerprint density at radius 3 is 1.27 bits per heavy atom. The molecule has 0 unspecified atom stereocenters. The second kappa shape index (κ2) is 4.27. The minimum absolute atomic E-state index is 0.176. The highest BCUT2D eigenvalue weighted by Crippen LogP contribution is 2.59. The lowest BCUT2D eigenvalue weighted by Gasteiger charge is -2.35. The van der Waals surface area contributed by atoms with E-state index >= 15 is 0 Å².